The number of nitrogens with zero attached hydrogens (tertiary/aromatic N) is 1. The standard InChI is InChI=1S/C20H16INO5S/c1-12(23)27-16-8-5-14(9-17(16)26-2)10-18-19(24)22(20(25)28-18)11-13-3-6-15(21)7-4-13/h3-10H,11H2,1-2H3/b18-10-. The highest BCUT2D eigenvalue weighted by molar-refractivity contribution is 14.1. The van der Waals surface area contributed by atoms with Crippen molar-refractivity contribution in [2.75, 3.05) is 7.11 Å². The number of imide groups is 1. The molecule has 2 aromatic rings. The van der Waals surface area contributed by atoms with Gasteiger partial charge in [-0.05, 0) is 75.8 Å². The summed E-state index contributed by atoms with van der Waals surface area (Å²) >= 11 is 3.10. The summed E-state index contributed by atoms with van der Waals surface area (Å²) in [5.74, 6) is -0.139. The summed E-state index contributed by atoms with van der Waals surface area (Å²) in [7, 11) is 1.46. The molecule has 144 valence electrons. The predicted octanol–water partition coefficient (Wildman–Crippen LogP) is 4.46. The van der Waals surface area contributed by atoms with Crippen LogP contribution in [0.3, 0.4) is 0 Å². The van der Waals surface area contributed by atoms with Gasteiger partial charge in [0, 0.05) is 10.5 Å². The number of esters is 1. The molecule has 1 heterocycles. The first kappa shape index (κ1) is 20.4. The summed E-state index contributed by atoms with van der Waals surface area (Å²) in [4.78, 5) is 37.7. The number of amides is 2. The molecule has 0 unspecified atom stereocenters. The van der Waals surface area contributed by atoms with Crippen molar-refractivity contribution < 1.29 is 23.9 Å². The number of halogens is 1. The van der Waals surface area contributed by atoms with Gasteiger partial charge in [-0.2, -0.15) is 0 Å². The molecule has 1 saturated heterocycles. The van der Waals surface area contributed by atoms with Gasteiger partial charge in [-0.3, -0.25) is 19.3 Å². The van der Waals surface area contributed by atoms with E-state index in [0.717, 1.165) is 20.9 Å². The highest BCUT2D eigenvalue weighted by atomic mass is 127. The Hall–Kier alpha value is -2.33. The van der Waals surface area contributed by atoms with Gasteiger partial charge in [-0.25, -0.2) is 0 Å². The van der Waals surface area contributed by atoms with Crippen LogP contribution in [0.2, 0.25) is 0 Å². The van der Waals surface area contributed by atoms with Crippen molar-refractivity contribution in [3.63, 3.8) is 0 Å². The fourth-order valence-corrected chi connectivity index (χ4v) is 3.77. The summed E-state index contributed by atoms with van der Waals surface area (Å²) in [6.45, 7) is 1.53. The SMILES string of the molecule is COc1cc(/C=C2\SC(=O)N(Cc3ccc(I)cc3)C2=O)ccc1OC(C)=O. The number of hydrogen-bond donors (Lipinski definition) is 0. The van der Waals surface area contributed by atoms with Crippen LogP contribution in [0.25, 0.3) is 6.08 Å². The van der Waals surface area contributed by atoms with Gasteiger partial charge in [0.25, 0.3) is 11.1 Å². The molecule has 0 saturated carbocycles. The Labute approximate surface area is 180 Å². The monoisotopic (exact) mass is 509 g/mol. The zero-order valence-corrected chi connectivity index (χ0v) is 18.1. The van der Waals surface area contributed by atoms with Crippen molar-refractivity contribution in [3.05, 3.63) is 62.1 Å². The molecule has 1 aliphatic heterocycles. The molecule has 28 heavy (non-hydrogen) atoms. The van der Waals surface area contributed by atoms with Gasteiger partial charge in [0.1, 0.15) is 0 Å². The summed E-state index contributed by atoms with van der Waals surface area (Å²) in [6.07, 6.45) is 1.62. The number of hydrogen-bond acceptors (Lipinski definition) is 6. The second kappa shape index (κ2) is 8.78. The maximum Gasteiger partial charge on any atom is 0.308 e. The maximum atomic E-state index is 12.7. The molecule has 0 atom stereocenters. The van der Waals surface area contributed by atoms with Gasteiger partial charge in [0.15, 0.2) is 11.5 Å². The van der Waals surface area contributed by atoms with Crippen molar-refractivity contribution >= 4 is 57.5 Å². The Morgan fingerprint density at radius 2 is 1.86 bits per heavy atom. The van der Waals surface area contributed by atoms with E-state index in [1.54, 1.807) is 24.3 Å². The molecule has 6 nitrogen and oxygen atoms in total. The van der Waals surface area contributed by atoms with E-state index in [1.807, 2.05) is 24.3 Å². The molecule has 0 N–H and O–H groups in total. The van der Waals surface area contributed by atoms with E-state index in [-0.39, 0.29) is 17.7 Å². The number of carbonyl (C=O) groups excluding carboxylic acids is 3. The average molecular weight is 509 g/mol. The van der Waals surface area contributed by atoms with Gasteiger partial charge < -0.3 is 9.47 Å². The number of ether oxygens (including phenoxy) is 2. The van der Waals surface area contributed by atoms with Crippen LogP contribution in [0.4, 0.5) is 4.79 Å². The predicted molar refractivity (Wildman–Crippen MR) is 115 cm³/mol. The Morgan fingerprint density at radius 1 is 1.14 bits per heavy atom. The third-order valence-electron chi connectivity index (χ3n) is 3.87. The Kier molecular flexibility index (Phi) is 6.40. The van der Waals surface area contributed by atoms with E-state index < -0.39 is 5.97 Å². The molecular weight excluding hydrogens is 493 g/mol. The number of rotatable bonds is 5. The Balaban J connectivity index is 1.81. The van der Waals surface area contributed by atoms with E-state index in [9.17, 15) is 14.4 Å². The number of carbonyl (C=O) groups is 3. The van der Waals surface area contributed by atoms with Crippen LogP contribution < -0.4 is 9.47 Å². The third kappa shape index (κ3) is 4.74. The van der Waals surface area contributed by atoms with Crippen LogP contribution >= 0.6 is 34.4 Å². The van der Waals surface area contributed by atoms with Crippen LogP contribution in [0, 0.1) is 3.57 Å². The van der Waals surface area contributed by atoms with E-state index >= 15 is 0 Å². The normalized spacial score (nSPS) is 15.2. The van der Waals surface area contributed by atoms with Crippen molar-refractivity contribution in [1.82, 2.24) is 4.90 Å². The number of benzene rings is 2. The van der Waals surface area contributed by atoms with Crippen LogP contribution in [-0.4, -0.2) is 29.1 Å². The minimum absolute atomic E-state index is 0.230. The van der Waals surface area contributed by atoms with Crippen molar-refractivity contribution in [2.45, 2.75) is 13.5 Å². The summed E-state index contributed by atoms with van der Waals surface area (Å²) in [5, 5.41) is -0.307. The molecule has 2 amide bonds. The molecule has 1 fully saturated rings. The lowest BCUT2D eigenvalue weighted by Gasteiger charge is -2.12. The first-order chi connectivity index (χ1) is 13.4. The fraction of sp³-hybridized carbons (Fsp3) is 0.150. The summed E-state index contributed by atoms with van der Waals surface area (Å²) in [5.41, 5.74) is 1.55. The summed E-state index contributed by atoms with van der Waals surface area (Å²) in [6, 6.07) is 12.6. The molecule has 0 bridgehead atoms. The maximum absolute atomic E-state index is 12.7. The topological polar surface area (TPSA) is 72.9 Å². The lowest BCUT2D eigenvalue weighted by molar-refractivity contribution is -0.132. The first-order valence-electron chi connectivity index (χ1n) is 8.23. The molecule has 0 aliphatic carbocycles. The second-order valence-corrected chi connectivity index (χ2v) is 8.14. The average Bonchev–Trinajstić information content (AvgIpc) is 2.91. The number of methoxy groups -OCH3 is 1. The van der Waals surface area contributed by atoms with Gasteiger partial charge >= 0.3 is 5.97 Å². The van der Waals surface area contributed by atoms with Crippen molar-refractivity contribution in [3.8, 4) is 11.5 Å². The lowest BCUT2D eigenvalue weighted by atomic mass is 10.1. The van der Waals surface area contributed by atoms with Crippen LogP contribution in [0.5, 0.6) is 11.5 Å². The fourth-order valence-electron chi connectivity index (χ4n) is 2.57. The van der Waals surface area contributed by atoms with Crippen LogP contribution in [-0.2, 0) is 16.1 Å². The highest BCUT2D eigenvalue weighted by Crippen LogP contribution is 2.35. The molecule has 2 aromatic carbocycles. The quantitative estimate of drug-likeness (QED) is 0.257. The first-order valence-corrected chi connectivity index (χ1v) is 10.1. The van der Waals surface area contributed by atoms with Crippen LogP contribution in [0.1, 0.15) is 18.1 Å². The van der Waals surface area contributed by atoms with Gasteiger partial charge in [-0.15, -0.1) is 0 Å². The van der Waals surface area contributed by atoms with E-state index in [4.69, 9.17) is 9.47 Å². The van der Waals surface area contributed by atoms with Crippen molar-refractivity contribution in [2.24, 2.45) is 0 Å². The smallest absolute Gasteiger partial charge is 0.308 e. The minimum Gasteiger partial charge on any atom is -0.493 e. The largest absolute Gasteiger partial charge is 0.493 e. The zero-order chi connectivity index (χ0) is 20.3. The Bertz CT molecular complexity index is 971. The lowest BCUT2D eigenvalue weighted by Crippen LogP contribution is -2.27. The molecule has 0 aromatic heterocycles. The molecule has 8 heteroatoms. The third-order valence-corrected chi connectivity index (χ3v) is 5.49. The molecular formula is C20H16INO5S. The van der Waals surface area contributed by atoms with Crippen LogP contribution in [0.15, 0.2) is 47.4 Å². The minimum atomic E-state index is -0.456. The van der Waals surface area contributed by atoms with E-state index in [2.05, 4.69) is 22.6 Å². The van der Waals surface area contributed by atoms with Gasteiger partial charge in [-0.1, -0.05) is 18.2 Å². The van der Waals surface area contributed by atoms with Gasteiger partial charge in [0.2, 0.25) is 0 Å². The molecule has 0 spiro atoms. The summed E-state index contributed by atoms with van der Waals surface area (Å²) < 4.78 is 11.4. The highest BCUT2D eigenvalue weighted by Gasteiger charge is 2.35. The second-order valence-electron chi connectivity index (χ2n) is 5.90. The van der Waals surface area contributed by atoms with E-state index in [0.29, 0.717) is 22.0 Å². The van der Waals surface area contributed by atoms with Gasteiger partial charge in [0.05, 0.1) is 18.6 Å². The molecule has 1 aliphatic rings. The molecule has 0 radical (unpaired) electrons. The molecule has 3 rings (SSSR count). The zero-order valence-electron chi connectivity index (χ0n) is 15.1. The van der Waals surface area contributed by atoms with E-state index in [1.165, 1.54) is 18.9 Å². The number of thioether (sulfide) groups is 1. The Morgan fingerprint density at radius 3 is 2.50 bits per heavy atom. The van der Waals surface area contributed by atoms with Crippen molar-refractivity contribution in [1.29, 1.82) is 0 Å².